The molecule has 2 aliphatic rings. The van der Waals surface area contributed by atoms with Crippen molar-refractivity contribution in [2.45, 2.75) is 108 Å². The molecule has 0 aromatic heterocycles. The van der Waals surface area contributed by atoms with Crippen LogP contribution in [0.3, 0.4) is 0 Å². The molecule has 2 rings (SSSR count). The van der Waals surface area contributed by atoms with Gasteiger partial charge >= 0.3 is 0 Å². The van der Waals surface area contributed by atoms with E-state index in [0.717, 1.165) is 19.3 Å². The molecule has 5 heteroatoms. The molecule has 0 bridgehead atoms. The molecular formula is C21H36O4Si. The van der Waals surface area contributed by atoms with Crippen molar-refractivity contribution >= 4 is 8.32 Å². The van der Waals surface area contributed by atoms with Crippen LogP contribution in [0.5, 0.6) is 0 Å². The minimum Gasteiger partial charge on any atom is -0.411 e. The number of rotatable bonds is 7. The van der Waals surface area contributed by atoms with E-state index < -0.39 is 14.4 Å². The van der Waals surface area contributed by atoms with Crippen molar-refractivity contribution in [1.82, 2.24) is 0 Å². The van der Waals surface area contributed by atoms with Crippen LogP contribution in [0.25, 0.3) is 0 Å². The smallest absolute Gasteiger partial charge is 0.192 e. The SMILES string of the molecule is C#C[C@@H](O)[C@@H]1C[C@H]2O[C@@H]([C@H](C/C=C/CC)O[Si](C)(C)C(C)(C)C)C[C@H]2O1. The Balaban J connectivity index is 2.04. The molecule has 0 radical (unpaired) electrons. The Labute approximate surface area is 160 Å². The number of ether oxygens (including phenoxy) is 2. The highest BCUT2D eigenvalue weighted by atomic mass is 28.4. The van der Waals surface area contributed by atoms with Crippen LogP contribution < -0.4 is 0 Å². The van der Waals surface area contributed by atoms with Gasteiger partial charge in [0.1, 0.15) is 6.10 Å². The summed E-state index contributed by atoms with van der Waals surface area (Å²) >= 11 is 0. The lowest BCUT2D eigenvalue weighted by molar-refractivity contribution is -0.0322. The van der Waals surface area contributed by atoms with E-state index in [1.165, 1.54) is 0 Å². The molecule has 4 nitrogen and oxygen atoms in total. The molecule has 0 unspecified atom stereocenters. The molecule has 0 amide bonds. The fraction of sp³-hybridized carbons (Fsp3) is 0.810. The lowest BCUT2D eigenvalue weighted by atomic mass is 10.0. The van der Waals surface area contributed by atoms with Crippen LogP contribution >= 0.6 is 0 Å². The average molecular weight is 381 g/mol. The van der Waals surface area contributed by atoms with E-state index in [-0.39, 0.29) is 35.6 Å². The Morgan fingerprint density at radius 1 is 1.19 bits per heavy atom. The highest BCUT2D eigenvalue weighted by molar-refractivity contribution is 6.74. The molecule has 2 fully saturated rings. The monoisotopic (exact) mass is 380 g/mol. The van der Waals surface area contributed by atoms with Gasteiger partial charge in [-0.2, -0.15) is 0 Å². The highest BCUT2D eigenvalue weighted by Crippen LogP contribution is 2.41. The Morgan fingerprint density at radius 3 is 2.31 bits per heavy atom. The van der Waals surface area contributed by atoms with E-state index in [1.807, 2.05) is 0 Å². The molecule has 0 aromatic carbocycles. The second-order valence-electron chi connectivity index (χ2n) is 9.04. The molecule has 26 heavy (non-hydrogen) atoms. The van der Waals surface area contributed by atoms with E-state index >= 15 is 0 Å². The van der Waals surface area contributed by atoms with Crippen LogP contribution in [0.15, 0.2) is 12.2 Å². The summed E-state index contributed by atoms with van der Waals surface area (Å²) in [7, 11) is -1.89. The first-order valence-corrected chi connectivity index (χ1v) is 12.8. The minimum absolute atomic E-state index is 0.00803. The number of aliphatic hydroxyl groups is 1. The van der Waals surface area contributed by atoms with Gasteiger partial charge in [0, 0.05) is 12.8 Å². The zero-order chi connectivity index (χ0) is 19.5. The van der Waals surface area contributed by atoms with E-state index in [0.29, 0.717) is 6.42 Å². The number of aliphatic hydroxyl groups excluding tert-OH is 1. The van der Waals surface area contributed by atoms with Crippen molar-refractivity contribution < 1.29 is 19.0 Å². The summed E-state index contributed by atoms with van der Waals surface area (Å²) in [6.07, 6.45) is 12.0. The van der Waals surface area contributed by atoms with Crippen LogP contribution in [0.2, 0.25) is 18.1 Å². The molecule has 148 valence electrons. The standard InChI is InChI=1S/C21H36O4Si/c1-8-10-11-12-16(25-26(6,7)21(3,4)5)18-14-20-19(24-18)13-17(23-20)15(22)9-2/h2,10-11,15-20,22H,8,12-14H2,1,3-7H3/b11-10+/t15-,16+,17+,18-,19-,20-/m1/s1. The summed E-state index contributed by atoms with van der Waals surface area (Å²) in [6, 6.07) is 0. The number of fused-ring (bicyclic) bond motifs is 1. The van der Waals surface area contributed by atoms with Gasteiger partial charge in [0.15, 0.2) is 8.32 Å². The highest BCUT2D eigenvalue weighted by Gasteiger charge is 2.49. The Hall–Kier alpha value is -0.643. The normalized spacial score (nSPS) is 31.8. The van der Waals surface area contributed by atoms with Crippen molar-refractivity contribution in [1.29, 1.82) is 0 Å². The molecule has 2 saturated heterocycles. The van der Waals surface area contributed by atoms with Crippen molar-refractivity contribution in [2.75, 3.05) is 0 Å². The molecular weight excluding hydrogens is 344 g/mol. The van der Waals surface area contributed by atoms with Crippen LogP contribution in [-0.4, -0.2) is 50.0 Å². The maximum absolute atomic E-state index is 9.83. The third-order valence-corrected chi connectivity index (χ3v) is 10.5. The second kappa shape index (κ2) is 8.58. The zero-order valence-electron chi connectivity index (χ0n) is 17.2. The van der Waals surface area contributed by atoms with Crippen molar-refractivity contribution in [2.24, 2.45) is 0 Å². The Morgan fingerprint density at radius 2 is 1.77 bits per heavy atom. The van der Waals surface area contributed by atoms with Crippen molar-refractivity contribution in [3.05, 3.63) is 12.2 Å². The number of allylic oxidation sites excluding steroid dienone is 1. The molecule has 0 spiro atoms. The van der Waals surface area contributed by atoms with Gasteiger partial charge in [-0.1, -0.05) is 45.8 Å². The van der Waals surface area contributed by atoms with Crippen LogP contribution in [0, 0.1) is 12.3 Å². The topological polar surface area (TPSA) is 47.9 Å². The number of terminal acetylenes is 1. The summed E-state index contributed by atoms with van der Waals surface area (Å²) in [5.74, 6) is 2.36. The first-order valence-electron chi connectivity index (χ1n) is 9.87. The van der Waals surface area contributed by atoms with Gasteiger partial charge in [0.25, 0.3) is 0 Å². The predicted octanol–water partition coefficient (Wildman–Crippen LogP) is 4.04. The quantitative estimate of drug-likeness (QED) is 0.411. The molecule has 6 atom stereocenters. The van der Waals surface area contributed by atoms with Gasteiger partial charge in [0.2, 0.25) is 0 Å². The third-order valence-electron chi connectivity index (χ3n) is 6.00. The number of hydrogen-bond donors (Lipinski definition) is 1. The maximum atomic E-state index is 9.83. The van der Waals surface area contributed by atoms with Gasteiger partial charge in [-0.05, 0) is 31.0 Å². The fourth-order valence-electron chi connectivity index (χ4n) is 3.39. The number of hydrogen-bond acceptors (Lipinski definition) is 4. The van der Waals surface area contributed by atoms with E-state index in [4.69, 9.17) is 20.3 Å². The Kier molecular flexibility index (Phi) is 7.14. The van der Waals surface area contributed by atoms with Crippen LogP contribution in [0.4, 0.5) is 0 Å². The van der Waals surface area contributed by atoms with Crippen molar-refractivity contribution in [3.63, 3.8) is 0 Å². The van der Waals surface area contributed by atoms with Crippen LogP contribution in [0.1, 0.15) is 53.4 Å². The zero-order valence-corrected chi connectivity index (χ0v) is 18.2. The van der Waals surface area contributed by atoms with E-state index in [9.17, 15) is 5.11 Å². The first kappa shape index (κ1) is 21.7. The van der Waals surface area contributed by atoms with E-state index in [2.05, 4.69) is 58.9 Å². The Bertz CT molecular complexity index is 517. The molecule has 1 N–H and O–H groups in total. The van der Waals surface area contributed by atoms with Gasteiger partial charge in [0.05, 0.1) is 30.5 Å². The summed E-state index contributed by atoms with van der Waals surface area (Å²) in [6.45, 7) is 13.5. The van der Waals surface area contributed by atoms with Gasteiger partial charge in [-0.25, -0.2) is 0 Å². The maximum Gasteiger partial charge on any atom is 0.192 e. The van der Waals surface area contributed by atoms with Gasteiger partial charge in [-0.3, -0.25) is 0 Å². The molecule has 0 aromatic rings. The lowest BCUT2D eigenvalue weighted by Gasteiger charge is -2.40. The summed E-state index contributed by atoms with van der Waals surface area (Å²) in [4.78, 5) is 0. The predicted molar refractivity (Wildman–Crippen MR) is 108 cm³/mol. The molecule has 0 aliphatic carbocycles. The fourth-order valence-corrected chi connectivity index (χ4v) is 4.74. The average Bonchev–Trinajstić information content (AvgIpc) is 3.10. The lowest BCUT2D eigenvalue weighted by Crippen LogP contribution is -2.47. The molecule has 0 saturated carbocycles. The largest absolute Gasteiger partial charge is 0.411 e. The molecule has 2 aliphatic heterocycles. The van der Waals surface area contributed by atoms with E-state index in [1.54, 1.807) is 0 Å². The summed E-state index contributed by atoms with van der Waals surface area (Å²) < 4.78 is 19.0. The van der Waals surface area contributed by atoms with Gasteiger partial charge in [-0.15, -0.1) is 6.42 Å². The van der Waals surface area contributed by atoms with Crippen molar-refractivity contribution in [3.8, 4) is 12.3 Å². The minimum atomic E-state index is -1.89. The third kappa shape index (κ3) is 4.99. The first-order chi connectivity index (χ1) is 12.1. The molecule has 2 heterocycles. The second-order valence-corrected chi connectivity index (χ2v) is 13.8. The summed E-state index contributed by atoms with van der Waals surface area (Å²) in [5, 5.41) is 9.99. The van der Waals surface area contributed by atoms with Gasteiger partial charge < -0.3 is 19.0 Å². The summed E-state index contributed by atoms with van der Waals surface area (Å²) in [5.41, 5.74) is 0. The van der Waals surface area contributed by atoms with Crippen LogP contribution in [-0.2, 0) is 13.9 Å².